The molecule has 5 nitrogen and oxygen atoms in total. The maximum absolute atomic E-state index is 5.69. The fourth-order valence-electron chi connectivity index (χ4n) is 2.26. The van der Waals surface area contributed by atoms with Gasteiger partial charge in [0.1, 0.15) is 0 Å². The van der Waals surface area contributed by atoms with Gasteiger partial charge in [0, 0.05) is 19.0 Å². The second-order valence-corrected chi connectivity index (χ2v) is 4.46. The minimum Gasteiger partial charge on any atom is -0.375 e. The summed E-state index contributed by atoms with van der Waals surface area (Å²) in [5.41, 5.74) is 0. The second-order valence-electron chi connectivity index (χ2n) is 4.46. The van der Waals surface area contributed by atoms with E-state index in [-0.39, 0.29) is 0 Å². The van der Waals surface area contributed by atoms with E-state index in [1.165, 1.54) is 6.33 Å². The van der Waals surface area contributed by atoms with Gasteiger partial charge in [0.05, 0.1) is 12.2 Å². The zero-order valence-corrected chi connectivity index (χ0v) is 9.85. The highest BCUT2D eigenvalue weighted by Crippen LogP contribution is 2.18. The summed E-state index contributed by atoms with van der Waals surface area (Å²) in [6, 6.07) is 0.543. The van der Waals surface area contributed by atoms with Crippen LogP contribution in [0.15, 0.2) is 10.9 Å². The number of nitrogens with one attached hydrogen (secondary N) is 1. The minimum absolute atomic E-state index is 0.352. The van der Waals surface area contributed by atoms with Crippen molar-refractivity contribution in [2.75, 3.05) is 6.54 Å². The lowest BCUT2D eigenvalue weighted by Crippen LogP contribution is -2.42. The van der Waals surface area contributed by atoms with Crippen LogP contribution in [0.1, 0.15) is 32.6 Å². The zero-order valence-electron chi connectivity index (χ0n) is 9.85. The maximum Gasteiger partial charge on any atom is 0.227 e. The minimum atomic E-state index is 0.352. The van der Waals surface area contributed by atoms with Crippen molar-refractivity contribution < 1.29 is 9.26 Å². The molecular formula is C11H19N3O2. The SMILES string of the molecule is CC1CC(NCCc2ncno2)CC(C)O1. The van der Waals surface area contributed by atoms with Gasteiger partial charge >= 0.3 is 0 Å². The van der Waals surface area contributed by atoms with Gasteiger partial charge in [-0.25, -0.2) is 0 Å². The standard InChI is InChI=1S/C11H19N3O2/c1-8-5-10(6-9(2)15-8)12-4-3-11-13-7-14-16-11/h7-10,12H,3-6H2,1-2H3. The molecule has 5 heteroatoms. The Morgan fingerprint density at radius 3 is 2.75 bits per heavy atom. The summed E-state index contributed by atoms with van der Waals surface area (Å²) in [4.78, 5) is 3.99. The molecule has 2 atom stereocenters. The number of hydrogen-bond acceptors (Lipinski definition) is 5. The van der Waals surface area contributed by atoms with Crippen molar-refractivity contribution in [3.8, 4) is 0 Å². The number of nitrogens with zero attached hydrogens (tertiary/aromatic N) is 2. The van der Waals surface area contributed by atoms with Gasteiger partial charge in [-0.05, 0) is 26.7 Å². The zero-order chi connectivity index (χ0) is 11.4. The van der Waals surface area contributed by atoms with E-state index in [2.05, 4.69) is 29.3 Å². The molecule has 2 unspecified atom stereocenters. The predicted octanol–water partition coefficient (Wildman–Crippen LogP) is 1.16. The van der Waals surface area contributed by atoms with Crippen molar-refractivity contribution in [2.45, 2.75) is 51.4 Å². The van der Waals surface area contributed by atoms with Crippen LogP contribution in [0, 0.1) is 0 Å². The molecule has 0 radical (unpaired) electrons. The van der Waals surface area contributed by atoms with Crippen molar-refractivity contribution in [3.05, 3.63) is 12.2 Å². The first kappa shape index (κ1) is 11.5. The Kier molecular flexibility index (Phi) is 3.90. The van der Waals surface area contributed by atoms with Crippen LogP contribution < -0.4 is 5.32 Å². The monoisotopic (exact) mass is 225 g/mol. The molecule has 1 saturated heterocycles. The smallest absolute Gasteiger partial charge is 0.227 e. The molecule has 1 aliphatic rings. The van der Waals surface area contributed by atoms with Gasteiger partial charge in [-0.15, -0.1) is 0 Å². The molecule has 0 saturated carbocycles. The molecule has 2 heterocycles. The molecule has 0 amide bonds. The van der Waals surface area contributed by atoms with E-state index in [0.717, 1.165) is 25.8 Å². The normalized spacial score (nSPS) is 30.5. The van der Waals surface area contributed by atoms with Crippen LogP contribution in [0.4, 0.5) is 0 Å². The number of hydrogen-bond donors (Lipinski definition) is 1. The average molecular weight is 225 g/mol. The summed E-state index contributed by atoms with van der Waals surface area (Å²) in [5.74, 6) is 0.695. The summed E-state index contributed by atoms with van der Waals surface area (Å²) in [7, 11) is 0. The van der Waals surface area contributed by atoms with E-state index in [1.54, 1.807) is 0 Å². The van der Waals surface area contributed by atoms with Gasteiger partial charge in [0.2, 0.25) is 5.89 Å². The summed E-state index contributed by atoms with van der Waals surface area (Å²) >= 11 is 0. The van der Waals surface area contributed by atoms with Crippen molar-refractivity contribution in [2.24, 2.45) is 0 Å². The Balaban J connectivity index is 1.69. The molecule has 0 aliphatic carbocycles. The third-order valence-electron chi connectivity index (χ3n) is 2.88. The number of ether oxygens (including phenoxy) is 1. The van der Waals surface area contributed by atoms with Crippen molar-refractivity contribution in [3.63, 3.8) is 0 Å². The van der Waals surface area contributed by atoms with Crippen LogP contribution in [-0.2, 0) is 11.2 Å². The van der Waals surface area contributed by atoms with Gasteiger partial charge in [0.15, 0.2) is 6.33 Å². The molecule has 2 rings (SSSR count). The first-order valence-electron chi connectivity index (χ1n) is 5.88. The Bertz CT molecular complexity index is 292. The summed E-state index contributed by atoms with van der Waals surface area (Å²) in [6.07, 6.45) is 5.09. The summed E-state index contributed by atoms with van der Waals surface area (Å²) < 4.78 is 10.6. The van der Waals surface area contributed by atoms with E-state index in [4.69, 9.17) is 9.26 Å². The first-order chi connectivity index (χ1) is 7.74. The fraction of sp³-hybridized carbons (Fsp3) is 0.818. The van der Waals surface area contributed by atoms with Crippen molar-refractivity contribution in [1.29, 1.82) is 0 Å². The molecule has 1 aromatic heterocycles. The molecule has 0 aromatic carbocycles. The average Bonchev–Trinajstić information content (AvgIpc) is 2.69. The first-order valence-corrected chi connectivity index (χ1v) is 5.88. The quantitative estimate of drug-likeness (QED) is 0.833. The Morgan fingerprint density at radius 1 is 1.38 bits per heavy atom. The maximum atomic E-state index is 5.69. The molecule has 1 N–H and O–H groups in total. The molecule has 1 aromatic rings. The van der Waals surface area contributed by atoms with Crippen LogP contribution in [-0.4, -0.2) is 34.9 Å². The second kappa shape index (κ2) is 5.41. The number of aromatic nitrogens is 2. The Morgan fingerprint density at radius 2 is 2.12 bits per heavy atom. The molecule has 1 aliphatic heterocycles. The van der Waals surface area contributed by atoms with Crippen LogP contribution in [0.2, 0.25) is 0 Å². The summed E-state index contributed by atoms with van der Waals surface area (Å²) in [5, 5.41) is 7.09. The van der Waals surface area contributed by atoms with Gasteiger partial charge in [-0.2, -0.15) is 4.98 Å². The van der Waals surface area contributed by atoms with Crippen LogP contribution >= 0.6 is 0 Å². The third-order valence-corrected chi connectivity index (χ3v) is 2.88. The van der Waals surface area contributed by atoms with Gasteiger partial charge < -0.3 is 14.6 Å². The van der Waals surface area contributed by atoms with E-state index < -0.39 is 0 Å². The van der Waals surface area contributed by atoms with E-state index in [9.17, 15) is 0 Å². The predicted molar refractivity (Wildman–Crippen MR) is 59.0 cm³/mol. The van der Waals surface area contributed by atoms with E-state index in [0.29, 0.717) is 24.1 Å². The van der Waals surface area contributed by atoms with E-state index in [1.807, 2.05) is 0 Å². The van der Waals surface area contributed by atoms with E-state index >= 15 is 0 Å². The molecular weight excluding hydrogens is 206 g/mol. The van der Waals surface area contributed by atoms with Crippen LogP contribution in [0.3, 0.4) is 0 Å². The van der Waals surface area contributed by atoms with Crippen molar-refractivity contribution in [1.82, 2.24) is 15.5 Å². The van der Waals surface area contributed by atoms with Gasteiger partial charge in [-0.3, -0.25) is 0 Å². The lowest BCUT2D eigenvalue weighted by atomic mass is 10.00. The molecule has 16 heavy (non-hydrogen) atoms. The Hall–Kier alpha value is -0.940. The lowest BCUT2D eigenvalue weighted by molar-refractivity contribution is -0.0419. The topological polar surface area (TPSA) is 60.2 Å². The molecule has 0 bridgehead atoms. The summed E-state index contributed by atoms with van der Waals surface area (Å²) in [6.45, 7) is 5.14. The molecule has 90 valence electrons. The number of rotatable bonds is 4. The largest absolute Gasteiger partial charge is 0.375 e. The lowest BCUT2D eigenvalue weighted by Gasteiger charge is -2.32. The van der Waals surface area contributed by atoms with Crippen LogP contribution in [0.25, 0.3) is 0 Å². The molecule has 0 spiro atoms. The van der Waals surface area contributed by atoms with Crippen LogP contribution in [0.5, 0.6) is 0 Å². The third kappa shape index (κ3) is 3.28. The van der Waals surface area contributed by atoms with Gasteiger partial charge in [0.25, 0.3) is 0 Å². The van der Waals surface area contributed by atoms with Gasteiger partial charge in [-0.1, -0.05) is 5.16 Å². The highest BCUT2D eigenvalue weighted by molar-refractivity contribution is 4.81. The Labute approximate surface area is 95.6 Å². The fourth-order valence-corrected chi connectivity index (χ4v) is 2.26. The highest BCUT2D eigenvalue weighted by Gasteiger charge is 2.23. The highest BCUT2D eigenvalue weighted by atomic mass is 16.5. The van der Waals surface area contributed by atoms with Crippen molar-refractivity contribution >= 4 is 0 Å². The molecule has 1 fully saturated rings.